The van der Waals surface area contributed by atoms with Gasteiger partial charge in [-0.1, -0.05) is 12.5 Å². The number of aromatic amines is 1. The van der Waals surface area contributed by atoms with Gasteiger partial charge in [-0.15, -0.1) is 0 Å². The third kappa shape index (κ3) is 4.14. The summed E-state index contributed by atoms with van der Waals surface area (Å²) in [4.78, 5) is 7.11. The van der Waals surface area contributed by atoms with E-state index in [1.165, 1.54) is 43.5 Å². The smallest absolute Gasteiger partial charge is 0.0519 e. The van der Waals surface area contributed by atoms with E-state index in [-0.39, 0.29) is 0 Å². The normalized spacial score (nSPS) is 19.7. The molecule has 0 spiro atoms. The highest BCUT2D eigenvalue weighted by Crippen LogP contribution is 2.21. The Morgan fingerprint density at radius 3 is 3.05 bits per heavy atom. The molecule has 112 valence electrons. The number of pyridine rings is 1. The Hall–Kier alpha value is -1.68. The highest BCUT2D eigenvalue weighted by Gasteiger charge is 2.21. The van der Waals surface area contributed by atoms with Gasteiger partial charge in [-0.2, -0.15) is 5.10 Å². The predicted octanol–water partition coefficient (Wildman–Crippen LogP) is 2.83. The number of aryl methyl sites for hydroxylation is 1. The van der Waals surface area contributed by atoms with Gasteiger partial charge in [0.25, 0.3) is 0 Å². The van der Waals surface area contributed by atoms with Crippen LogP contribution in [-0.2, 0) is 12.8 Å². The number of rotatable bonds is 6. The molecule has 4 heteroatoms. The van der Waals surface area contributed by atoms with E-state index in [4.69, 9.17) is 0 Å². The summed E-state index contributed by atoms with van der Waals surface area (Å²) in [6, 6.07) is 6.92. The summed E-state index contributed by atoms with van der Waals surface area (Å²) in [5.74, 6) is 0. The van der Waals surface area contributed by atoms with Crippen LogP contribution < -0.4 is 0 Å². The second kappa shape index (κ2) is 7.36. The van der Waals surface area contributed by atoms with Crippen LogP contribution >= 0.6 is 0 Å². The van der Waals surface area contributed by atoms with E-state index >= 15 is 0 Å². The van der Waals surface area contributed by atoms with Gasteiger partial charge in [-0.25, -0.2) is 0 Å². The molecular weight excluding hydrogens is 260 g/mol. The fourth-order valence-corrected chi connectivity index (χ4v) is 3.23. The molecule has 0 bridgehead atoms. The van der Waals surface area contributed by atoms with Crippen LogP contribution in [0.5, 0.6) is 0 Å². The van der Waals surface area contributed by atoms with Crippen LogP contribution in [-0.4, -0.2) is 39.2 Å². The van der Waals surface area contributed by atoms with Crippen LogP contribution in [0, 0.1) is 0 Å². The SMILES string of the molecule is c1ccc(CC[C@@H]2CCCCN2CCc2cn[nH]c2)nc1. The lowest BCUT2D eigenvalue weighted by atomic mass is 9.96. The Labute approximate surface area is 126 Å². The second-order valence-corrected chi connectivity index (χ2v) is 5.90. The first-order valence-electron chi connectivity index (χ1n) is 8.03. The first-order chi connectivity index (χ1) is 10.4. The van der Waals surface area contributed by atoms with Crippen molar-refractivity contribution < 1.29 is 0 Å². The molecule has 1 atom stereocenters. The van der Waals surface area contributed by atoms with E-state index in [2.05, 4.69) is 32.2 Å². The highest BCUT2D eigenvalue weighted by molar-refractivity contribution is 5.05. The molecule has 1 saturated heterocycles. The van der Waals surface area contributed by atoms with Crippen molar-refractivity contribution in [2.45, 2.75) is 44.6 Å². The van der Waals surface area contributed by atoms with Crippen molar-refractivity contribution in [3.05, 3.63) is 48.0 Å². The molecule has 1 aliphatic rings. The van der Waals surface area contributed by atoms with Gasteiger partial charge in [0, 0.05) is 30.7 Å². The number of likely N-dealkylation sites (tertiary alicyclic amines) is 1. The standard InChI is InChI=1S/C17H24N4/c1-3-10-18-16(5-1)7-8-17-6-2-4-11-21(17)12-9-15-13-19-20-14-15/h1,3,5,10,13-14,17H,2,4,6-9,11-12H2,(H,19,20)/t17-/m0/s1. The maximum absolute atomic E-state index is 4.44. The average Bonchev–Trinajstić information content (AvgIpc) is 3.06. The van der Waals surface area contributed by atoms with Crippen molar-refractivity contribution in [3.63, 3.8) is 0 Å². The van der Waals surface area contributed by atoms with Crippen LogP contribution in [0.15, 0.2) is 36.8 Å². The van der Waals surface area contributed by atoms with Crippen molar-refractivity contribution in [1.82, 2.24) is 20.1 Å². The quantitative estimate of drug-likeness (QED) is 0.887. The molecular formula is C17H24N4. The maximum Gasteiger partial charge on any atom is 0.0519 e. The van der Waals surface area contributed by atoms with Crippen molar-refractivity contribution in [2.75, 3.05) is 13.1 Å². The van der Waals surface area contributed by atoms with E-state index in [1.807, 2.05) is 24.7 Å². The molecule has 3 rings (SSSR count). The monoisotopic (exact) mass is 284 g/mol. The van der Waals surface area contributed by atoms with Crippen LogP contribution in [0.1, 0.15) is 36.9 Å². The van der Waals surface area contributed by atoms with E-state index in [9.17, 15) is 0 Å². The van der Waals surface area contributed by atoms with E-state index in [0.29, 0.717) is 6.04 Å². The minimum absolute atomic E-state index is 0.715. The van der Waals surface area contributed by atoms with Gasteiger partial charge in [-0.3, -0.25) is 10.1 Å². The minimum atomic E-state index is 0.715. The number of aromatic nitrogens is 3. The average molecular weight is 284 g/mol. The number of hydrogen-bond donors (Lipinski definition) is 1. The van der Waals surface area contributed by atoms with Crippen molar-refractivity contribution in [1.29, 1.82) is 0 Å². The number of hydrogen-bond acceptors (Lipinski definition) is 3. The molecule has 1 N–H and O–H groups in total. The number of nitrogens with one attached hydrogen (secondary N) is 1. The Bertz CT molecular complexity index is 509. The Morgan fingerprint density at radius 2 is 2.24 bits per heavy atom. The van der Waals surface area contributed by atoms with Crippen LogP contribution in [0.3, 0.4) is 0 Å². The number of nitrogens with zero attached hydrogens (tertiary/aromatic N) is 3. The van der Waals surface area contributed by atoms with Crippen LogP contribution in [0.2, 0.25) is 0 Å². The lowest BCUT2D eigenvalue weighted by Gasteiger charge is -2.35. The molecule has 4 nitrogen and oxygen atoms in total. The summed E-state index contributed by atoms with van der Waals surface area (Å²) in [5, 5.41) is 6.93. The zero-order valence-electron chi connectivity index (χ0n) is 12.5. The molecule has 3 heterocycles. The molecule has 1 fully saturated rings. The number of piperidine rings is 1. The molecule has 2 aromatic rings. The van der Waals surface area contributed by atoms with Gasteiger partial charge < -0.3 is 4.90 Å². The van der Waals surface area contributed by atoms with E-state index < -0.39 is 0 Å². The fourth-order valence-electron chi connectivity index (χ4n) is 3.23. The Balaban J connectivity index is 1.51. The van der Waals surface area contributed by atoms with E-state index in [0.717, 1.165) is 19.4 Å². The largest absolute Gasteiger partial charge is 0.300 e. The Kier molecular flexibility index (Phi) is 5.00. The first kappa shape index (κ1) is 14.3. The predicted molar refractivity (Wildman–Crippen MR) is 84.1 cm³/mol. The highest BCUT2D eigenvalue weighted by atomic mass is 15.2. The van der Waals surface area contributed by atoms with Gasteiger partial charge in [-0.05, 0) is 56.3 Å². The first-order valence-corrected chi connectivity index (χ1v) is 8.03. The number of H-pyrrole nitrogens is 1. The van der Waals surface area contributed by atoms with Crippen LogP contribution in [0.25, 0.3) is 0 Å². The van der Waals surface area contributed by atoms with Crippen LogP contribution in [0.4, 0.5) is 0 Å². The molecule has 0 aromatic carbocycles. The summed E-state index contributed by atoms with van der Waals surface area (Å²) in [6.07, 6.45) is 13.3. The zero-order valence-corrected chi connectivity index (χ0v) is 12.5. The van der Waals surface area contributed by atoms with Gasteiger partial charge in [0.05, 0.1) is 6.20 Å². The summed E-state index contributed by atoms with van der Waals surface area (Å²) in [7, 11) is 0. The molecule has 0 amide bonds. The summed E-state index contributed by atoms with van der Waals surface area (Å²) in [6.45, 7) is 2.39. The molecule has 0 unspecified atom stereocenters. The summed E-state index contributed by atoms with van der Waals surface area (Å²) in [5.41, 5.74) is 2.53. The fraction of sp³-hybridized carbons (Fsp3) is 0.529. The van der Waals surface area contributed by atoms with Gasteiger partial charge >= 0.3 is 0 Å². The Morgan fingerprint density at radius 1 is 1.24 bits per heavy atom. The molecule has 1 aliphatic heterocycles. The van der Waals surface area contributed by atoms with Crippen molar-refractivity contribution in [2.24, 2.45) is 0 Å². The summed E-state index contributed by atoms with van der Waals surface area (Å²) >= 11 is 0. The maximum atomic E-state index is 4.44. The molecule has 0 saturated carbocycles. The topological polar surface area (TPSA) is 44.8 Å². The second-order valence-electron chi connectivity index (χ2n) is 5.90. The molecule has 0 radical (unpaired) electrons. The lowest BCUT2D eigenvalue weighted by Crippen LogP contribution is -2.41. The van der Waals surface area contributed by atoms with Gasteiger partial charge in [0.2, 0.25) is 0 Å². The third-order valence-corrected chi connectivity index (χ3v) is 4.45. The molecule has 0 aliphatic carbocycles. The molecule has 2 aromatic heterocycles. The minimum Gasteiger partial charge on any atom is -0.300 e. The zero-order chi connectivity index (χ0) is 14.3. The molecule has 21 heavy (non-hydrogen) atoms. The van der Waals surface area contributed by atoms with Crippen molar-refractivity contribution >= 4 is 0 Å². The third-order valence-electron chi connectivity index (χ3n) is 4.45. The van der Waals surface area contributed by atoms with Gasteiger partial charge in [0.15, 0.2) is 0 Å². The van der Waals surface area contributed by atoms with Crippen molar-refractivity contribution in [3.8, 4) is 0 Å². The van der Waals surface area contributed by atoms with E-state index in [1.54, 1.807) is 0 Å². The lowest BCUT2D eigenvalue weighted by molar-refractivity contribution is 0.142. The van der Waals surface area contributed by atoms with Gasteiger partial charge in [0.1, 0.15) is 0 Å². The summed E-state index contributed by atoms with van der Waals surface area (Å²) < 4.78 is 0.